The number of rotatable bonds is 6. The van der Waals surface area contributed by atoms with E-state index in [2.05, 4.69) is 0 Å². The summed E-state index contributed by atoms with van der Waals surface area (Å²) in [5.41, 5.74) is 2.03. The number of benzene rings is 2. The Kier molecular flexibility index (Phi) is 6.23. The highest BCUT2D eigenvalue weighted by Crippen LogP contribution is 2.22. The number of ether oxygens (including phenoxy) is 1. The number of carbonyl (C=O) groups excluding carboxylic acids is 1. The van der Waals surface area contributed by atoms with E-state index in [1.807, 2.05) is 10.3 Å². The van der Waals surface area contributed by atoms with E-state index in [0.29, 0.717) is 0 Å². The fraction of sp³-hybridized carbons (Fsp3) is 0.133. The van der Waals surface area contributed by atoms with Crippen molar-refractivity contribution >= 4 is 39.1 Å². The van der Waals surface area contributed by atoms with Crippen molar-refractivity contribution < 1.29 is 22.3 Å². The van der Waals surface area contributed by atoms with Crippen molar-refractivity contribution in [1.29, 1.82) is 0 Å². The van der Waals surface area contributed by atoms with Crippen LogP contribution in [0.3, 0.4) is 0 Å². The quantitative estimate of drug-likeness (QED) is 0.722. The number of sulfonamides is 1. The van der Waals surface area contributed by atoms with Gasteiger partial charge in [0.15, 0.2) is 6.10 Å². The molecule has 0 aromatic heterocycles. The van der Waals surface area contributed by atoms with Crippen molar-refractivity contribution in [2.24, 2.45) is 0 Å². The number of nitrogens with one attached hydrogen (secondary N) is 2. The average Bonchev–Trinajstić information content (AvgIpc) is 2.54. The molecule has 0 aliphatic heterocycles. The summed E-state index contributed by atoms with van der Waals surface area (Å²) in [5, 5.41) is 0.263. The zero-order chi connectivity index (χ0) is 18.6. The van der Waals surface area contributed by atoms with Crippen LogP contribution < -0.4 is 15.0 Å². The molecule has 0 bridgehead atoms. The molecule has 1 amide bonds. The minimum atomic E-state index is -4.07. The van der Waals surface area contributed by atoms with Crippen molar-refractivity contribution in [2.75, 3.05) is 0 Å². The van der Waals surface area contributed by atoms with Gasteiger partial charge < -0.3 is 4.74 Å². The molecular weight excluding hydrogens is 394 g/mol. The van der Waals surface area contributed by atoms with Gasteiger partial charge in [0.25, 0.3) is 15.9 Å². The molecule has 25 heavy (non-hydrogen) atoms. The predicted molar refractivity (Wildman–Crippen MR) is 91.4 cm³/mol. The van der Waals surface area contributed by atoms with Crippen LogP contribution in [-0.2, 0) is 14.8 Å². The second-order valence-corrected chi connectivity index (χ2v) is 7.47. The molecule has 2 aromatic carbocycles. The number of hydrazine groups is 1. The van der Waals surface area contributed by atoms with Crippen LogP contribution in [0, 0.1) is 5.82 Å². The minimum absolute atomic E-state index is 0.132. The van der Waals surface area contributed by atoms with Crippen molar-refractivity contribution in [3.05, 3.63) is 58.3 Å². The van der Waals surface area contributed by atoms with Crippen molar-refractivity contribution in [3.8, 4) is 5.75 Å². The summed E-state index contributed by atoms with van der Waals surface area (Å²) in [6, 6.07) is 8.77. The van der Waals surface area contributed by atoms with Crippen LogP contribution in [0.2, 0.25) is 10.0 Å². The summed E-state index contributed by atoms with van der Waals surface area (Å²) >= 11 is 11.5. The summed E-state index contributed by atoms with van der Waals surface area (Å²) in [4.78, 5) is 13.6. The molecule has 0 radical (unpaired) electrons. The van der Waals surface area contributed by atoms with Gasteiger partial charge >= 0.3 is 0 Å². The Bertz CT molecular complexity index is 855. The summed E-state index contributed by atoms with van der Waals surface area (Å²) < 4.78 is 42.4. The number of hydrogen-bond acceptors (Lipinski definition) is 4. The molecule has 1 atom stereocenters. The molecule has 2 N–H and O–H groups in total. The van der Waals surface area contributed by atoms with Crippen LogP contribution in [0.4, 0.5) is 4.39 Å². The average molecular weight is 407 g/mol. The SMILES string of the molecule is C[C@@H](Oc1ccc(F)cc1)C(=O)NNS(=O)(=O)c1cc(Cl)cc(Cl)c1. The molecule has 0 aliphatic carbocycles. The molecule has 0 saturated heterocycles. The van der Waals surface area contributed by atoms with Gasteiger partial charge in [0.2, 0.25) is 0 Å². The molecule has 0 unspecified atom stereocenters. The van der Waals surface area contributed by atoms with Gasteiger partial charge in [0.1, 0.15) is 11.6 Å². The van der Waals surface area contributed by atoms with Gasteiger partial charge in [-0.2, -0.15) is 0 Å². The van der Waals surface area contributed by atoms with Gasteiger partial charge in [-0.25, -0.2) is 12.8 Å². The Morgan fingerprint density at radius 1 is 1.12 bits per heavy atom. The second kappa shape index (κ2) is 8.01. The van der Waals surface area contributed by atoms with Crippen molar-refractivity contribution in [3.63, 3.8) is 0 Å². The van der Waals surface area contributed by atoms with Crippen molar-refractivity contribution in [1.82, 2.24) is 10.3 Å². The Balaban J connectivity index is 1.99. The predicted octanol–water partition coefficient (Wildman–Crippen LogP) is 2.91. The first-order valence-electron chi connectivity index (χ1n) is 6.87. The molecule has 6 nitrogen and oxygen atoms in total. The fourth-order valence-electron chi connectivity index (χ4n) is 1.73. The van der Waals surface area contributed by atoms with Gasteiger partial charge in [-0.3, -0.25) is 10.2 Å². The minimum Gasteiger partial charge on any atom is -0.481 e. The van der Waals surface area contributed by atoms with Gasteiger partial charge in [0, 0.05) is 10.0 Å². The van der Waals surface area contributed by atoms with E-state index in [1.54, 1.807) is 0 Å². The van der Waals surface area contributed by atoms with Crippen LogP contribution in [0.5, 0.6) is 5.75 Å². The molecule has 0 heterocycles. The third-order valence-corrected chi connectivity index (χ3v) is 4.61. The summed E-state index contributed by atoms with van der Waals surface area (Å²) in [6.45, 7) is 1.41. The molecule has 0 fully saturated rings. The van der Waals surface area contributed by atoms with Crippen molar-refractivity contribution in [2.45, 2.75) is 17.9 Å². The molecule has 2 rings (SSSR count). The van der Waals surface area contributed by atoms with E-state index in [9.17, 15) is 17.6 Å². The van der Waals surface area contributed by atoms with Gasteiger partial charge in [-0.1, -0.05) is 23.2 Å². The van der Waals surface area contributed by atoms with Crippen LogP contribution in [0.15, 0.2) is 47.4 Å². The highest BCUT2D eigenvalue weighted by atomic mass is 35.5. The number of amides is 1. The topological polar surface area (TPSA) is 84.5 Å². The highest BCUT2D eigenvalue weighted by Gasteiger charge is 2.20. The third-order valence-electron chi connectivity index (χ3n) is 2.95. The molecule has 2 aromatic rings. The molecule has 134 valence electrons. The maximum atomic E-state index is 12.8. The first kappa shape index (κ1) is 19.5. The van der Waals surface area contributed by atoms with E-state index in [-0.39, 0.29) is 20.7 Å². The van der Waals surface area contributed by atoms with E-state index < -0.39 is 27.9 Å². The van der Waals surface area contributed by atoms with E-state index >= 15 is 0 Å². The number of halogens is 3. The molecular formula is C15H13Cl2FN2O4S. The molecule has 0 spiro atoms. The third kappa shape index (κ3) is 5.57. The molecule has 10 heteroatoms. The normalized spacial score (nSPS) is 12.5. The molecule has 0 saturated carbocycles. The number of hydrogen-bond donors (Lipinski definition) is 2. The highest BCUT2D eigenvalue weighted by molar-refractivity contribution is 7.89. The fourth-order valence-corrected chi connectivity index (χ4v) is 3.30. The number of carbonyl (C=O) groups is 1. The monoisotopic (exact) mass is 406 g/mol. The first-order chi connectivity index (χ1) is 11.7. The summed E-state index contributed by atoms with van der Waals surface area (Å²) in [7, 11) is -4.07. The van der Waals surface area contributed by atoms with Gasteiger partial charge in [0.05, 0.1) is 4.90 Å². The van der Waals surface area contributed by atoms with E-state index in [1.165, 1.54) is 49.4 Å². The van der Waals surface area contributed by atoms with E-state index in [0.717, 1.165) is 0 Å². The van der Waals surface area contributed by atoms with Crippen LogP contribution in [-0.4, -0.2) is 20.4 Å². The zero-order valence-electron chi connectivity index (χ0n) is 12.8. The lowest BCUT2D eigenvalue weighted by Gasteiger charge is -2.15. The molecule has 0 aliphatic rings. The largest absolute Gasteiger partial charge is 0.481 e. The van der Waals surface area contributed by atoms with Gasteiger partial charge in [-0.15, -0.1) is 4.83 Å². The Morgan fingerprint density at radius 2 is 1.68 bits per heavy atom. The standard InChI is InChI=1S/C15H13Cl2FN2O4S/c1-9(24-13-4-2-12(18)3-5-13)15(21)19-20-25(22,23)14-7-10(16)6-11(17)8-14/h2-9,20H,1H3,(H,19,21)/t9-/m1/s1. The lowest BCUT2D eigenvalue weighted by Crippen LogP contribution is -2.47. The Labute approximate surface area is 153 Å². The summed E-state index contributed by atoms with van der Waals surface area (Å²) in [5.74, 6) is -0.938. The first-order valence-corrected chi connectivity index (χ1v) is 9.11. The van der Waals surface area contributed by atoms with Gasteiger partial charge in [-0.05, 0) is 49.4 Å². The summed E-state index contributed by atoms with van der Waals surface area (Å²) in [6.07, 6.45) is -1.03. The van der Waals surface area contributed by atoms with E-state index in [4.69, 9.17) is 27.9 Å². The Hall–Kier alpha value is -1.87. The zero-order valence-corrected chi connectivity index (χ0v) is 15.1. The lowest BCUT2D eigenvalue weighted by molar-refractivity contribution is -0.127. The van der Waals surface area contributed by atoms with Crippen LogP contribution >= 0.6 is 23.2 Å². The Morgan fingerprint density at radius 3 is 2.24 bits per heavy atom. The lowest BCUT2D eigenvalue weighted by atomic mass is 10.3. The van der Waals surface area contributed by atoms with Crippen LogP contribution in [0.1, 0.15) is 6.92 Å². The van der Waals surface area contributed by atoms with Crippen LogP contribution in [0.25, 0.3) is 0 Å². The second-order valence-electron chi connectivity index (χ2n) is 4.91. The maximum absolute atomic E-state index is 12.8. The smallest absolute Gasteiger partial charge is 0.275 e. The maximum Gasteiger partial charge on any atom is 0.275 e.